The van der Waals surface area contributed by atoms with Crippen LogP contribution >= 0.6 is 0 Å². The van der Waals surface area contributed by atoms with Gasteiger partial charge in [-0.2, -0.15) is 5.10 Å². The van der Waals surface area contributed by atoms with Gasteiger partial charge < -0.3 is 4.42 Å². The van der Waals surface area contributed by atoms with Crippen molar-refractivity contribution in [1.29, 1.82) is 0 Å². The Morgan fingerprint density at radius 1 is 1.38 bits per heavy atom. The predicted molar refractivity (Wildman–Crippen MR) is 55.4 cm³/mol. The maximum absolute atomic E-state index is 5.20. The molecule has 0 aromatic carbocycles. The lowest BCUT2D eigenvalue weighted by molar-refractivity contribution is 0.577. The highest BCUT2D eigenvalue weighted by Crippen LogP contribution is 2.14. The second-order valence-corrected chi connectivity index (χ2v) is 3.29. The van der Waals surface area contributed by atoms with E-state index in [0.29, 0.717) is 18.1 Å². The van der Waals surface area contributed by atoms with Crippen LogP contribution in [0.15, 0.2) is 41.3 Å². The third kappa shape index (κ3) is 1.60. The first kappa shape index (κ1) is 8.90. The van der Waals surface area contributed by atoms with E-state index in [1.54, 1.807) is 23.2 Å². The molecule has 3 aromatic heterocycles. The zero-order chi connectivity index (χ0) is 10.8. The summed E-state index contributed by atoms with van der Waals surface area (Å²) >= 11 is 0. The van der Waals surface area contributed by atoms with Crippen LogP contribution in [0, 0.1) is 0 Å². The van der Waals surface area contributed by atoms with Gasteiger partial charge in [0.1, 0.15) is 12.4 Å². The van der Waals surface area contributed by atoms with Gasteiger partial charge in [0.05, 0.1) is 6.26 Å². The Labute approximate surface area is 90.9 Å². The molecule has 0 fully saturated rings. The molecular weight excluding hydrogens is 206 g/mol. The maximum Gasteiger partial charge on any atom is 0.216 e. The average molecular weight is 215 g/mol. The van der Waals surface area contributed by atoms with Gasteiger partial charge in [0, 0.05) is 12.4 Å². The molecule has 6 heteroatoms. The summed E-state index contributed by atoms with van der Waals surface area (Å²) in [5.41, 5.74) is 0. The Morgan fingerprint density at radius 2 is 2.38 bits per heavy atom. The van der Waals surface area contributed by atoms with Gasteiger partial charge in [-0.05, 0) is 18.2 Å². The van der Waals surface area contributed by atoms with E-state index < -0.39 is 0 Å². The first-order valence-electron chi connectivity index (χ1n) is 4.84. The topological polar surface area (TPSA) is 72.5 Å². The fourth-order valence-corrected chi connectivity index (χ4v) is 1.43. The molecule has 0 atom stereocenters. The highest BCUT2D eigenvalue weighted by atomic mass is 16.3. The van der Waals surface area contributed by atoms with Crippen LogP contribution in [0.4, 0.5) is 0 Å². The van der Waals surface area contributed by atoms with Crippen LogP contribution in [0.5, 0.6) is 0 Å². The van der Waals surface area contributed by atoms with Crippen molar-refractivity contribution < 1.29 is 4.42 Å². The van der Waals surface area contributed by atoms with Gasteiger partial charge in [0.25, 0.3) is 0 Å². The third-order valence-corrected chi connectivity index (χ3v) is 2.14. The summed E-state index contributed by atoms with van der Waals surface area (Å²) in [6.45, 7) is 0.570. The third-order valence-electron chi connectivity index (χ3n) is 2.14. The number of H-pyrrole nitrogens is 1. The Balaban J connectivity index is 1.83. The van der Waals surface area contributed by atoms with E-state index in [1.807, 2.05) is 18.3 Å². The largest absolute Gasteiger partial charge is 0.461 e. The van der Waals surface area contributed by atoms with Crippen molar-refractivity contribution in [3.63, 3.8) is 0 Å². The SMILES string of the molecule is c1coc(-c2n[nH]c(Cn3cccn3)n2)c1. The van der Waals surface area contributed by atoms with E-state index in [-0.39, 0.29) is 0 Å². The first-order chi connectivity index (χ1) is 7.92. The Kier molecular flexibility index (Phi) is 2.03. The van der Waals surface area contributed by atoms with E-state index >= 15 is 0 Å². The van der Waals surface area contributed by atoms with Crippen molar-refractivity contribution in [3.8, 4) is 11.6 Å². The summed E-state index contributed by atoms with van der Waals surface area (Å²) in [6.07, 6.45) is 5.19. The molecule has 0 saturated heterocycles. The molecule has 80 valence electrons. The van der Waals surface area contributed by atoms with Crippen molar-refractivity contribution >= 4 is 0 Å². The van der Waals surface area contributed by atoms with Crippen molar-refractivity contribution in [2.24, 2.45) is 0 Å². The van der Waals surface area contributed by atoms with Gasteiger partial charge >= 0.3 is 0 Å². The molecule has 0 aliphatic heterocycles. The number of hydrogen-bond acceptors (Lipinski definition) is 4. The number of aromatic amines is 1. The number of rotatable bonds is 3. The molecule has 0 unspecified atom stereocenters. The van der Waals surface area contributed by atoms with Crippen molar-refractivity contribution in [1.82, 2.24) is 25.0 Å². The summed E-state index contributed by atoms with van der Waals surface area (Å²) < 4.78 is 6.97. The minimum atomic E-state index is 0.562. The quantitative estimate of drug-likeness (QED) is 0.714. The van der Waals surface area contributed by atoms with Gasteiger partial charge in [-0.3, -0.25) is 9.78 Å². The molecule has 3 rings (SSSR count). The second kappa shape index (κ2) is 3.65. The van der Waals surface area contributed by atoms with Crippen LogP contribution < -0.4 is 0 Å². The molecule has 0 bridgehead atoms. The minimum Gasteiger partial charge on any atom is -0.461 e. The lowest BCUT2D eigenvalue weighted by atomic mass is 10.4. The number of nitrogens with zero attached hydrogens (tertiary/aromatic N) is 4. The Bertz CT molecular complexity index is 552. The lowest BCUT2D eigenvalue weighted by Crippen LogP contribution is -2.01. The predicted octanol–water partition coefficient (Wildman–Crippen LogP) is 1.31. The summed E-state index contributed by atoms with van der Waals surface area (Å²) in [5.74, 6) is 1.96. The minimum absolute atomic E-state index is 0.562. The number of aromatic nitrogens is 5. The van der Waals surface area contributed by atoms with Gasteiger partial charge in [-0.1, -0.05) is 0 Å². The summed E-state index contributed by atoms with van der Waals surface area (Å²) in [5, 5.41) is 11.0. The molecule has 0 aliphatic carbocycles. The summed E-state index contributed by atoms with van der Waals surface area (Å²) in [7, 11) is 0. The van der Waals surface area contributed by atoms with Crippen molar-refractivity contribution in [2.75, 3.05) is 0 Å². The van der Waals surface area contributed by atoms with Crippen molar-refractivity contribution in [3.05, 3.63) is 42.7 Å². The van der Waals surface area contributed by atoms with E-state index in [4.69, 9.17) is 4.42 Å². The molecular formula is C10H9N5O. The summed E-state index contributed by atoms with van der Waals surface area (Å²) in [6, 6.07) is 5.49. The van der Waals surface area contributed by atoms with Crippen molar-refractivity contribution in [2.45, 2.75) is 6.54 Å². The van der Waals surface area contributed by atoms with Gasteiger partial charge in [0.2, 0.25) is 5.82 Å². The van der Waals surface area contributed by atoms with Crippen LogP contribution in [0.3, 0.4) is 0 Å². The maximum atomic E-state index is 5.20. The molecule has 6 nitrogen and oxygen atoms in total. The zero-order valence-electron chi connectivity index (χ0n) is 8.37. The van der Waals surface area contributed by atoms with E-state index in [1.165, 1.54) is 0 Å². The van der Waals surface area contributed by atoms with E-state index in [0.717, 1.165) is 5.82 Å². The highest BCUT2D eigenvalue weighted by molar-refractivity contribution is 5.45. The van der Waals surface area contributed by atoms with Gasteiger partial charge in [-0.15, -0.1) is 5.10 Å². The van der Waals surface area contributed by atoms with Crippen LogP contribution in [0.25, 0.3) is 11.6 Å². The Hall–Kier alpha value is -2.37. The van der Waals surface area contributed by atoms with Crippen LogP contribution in [-0.4, -0.2) is 25.0 Å². The van der Waals surface area contributed by atoms with Crippen LogP contribution in [0.1, 0.15) is 5.82 Å². The average Bonchev–Trinajstić information content (AvgIpc) is 2.99. The molecule has 0 aliphatic rings. The van der Waals surface area contributed by atoms with Gasteiger partial charge in [-0.25, -0.2) is 4.98 Å². The fraction of sp³-hybridized carbons (Fsp3) is 0.100. The van der Waals surface area contributed by atoms with Crippen LogP contribution in [-0.2, 0) is 6.54 Å². The number of hydrogen-bond donors (Lipinski definition) is 1. The summed E-state index contributed by atoms with van der Waals surface area (Å²) in [4.78, 5) is 4.31. The van der Waals surface area contributed by atoms with Gasteiger partial charge in [0.15, 0.2) is 5.76 Å². The molecule has 0 spiro atoms. The molecule has 3 aromatic rings. The number of furan rings is 1. The molecule has 1 N–H and O–H groups in total. The zero-order valence-corrected chi connectivity index (χ0v) is 8.37. The molecule has 0 amide bonds. The van der Waals surface area contributed by atoms with Crippen LogP contribution in [0.2, 0.25) is 0 Å². The Morgan fingerprint density at radius 3 is 3.12 bits per heavy atom. The van der Waals surface area contributed by atoms with E-state index in [2.05, 4.69) is 20.3 Å². The normalized spacial score (nSPS) is 10.8. The molecule has 0 saturated carbocycles. The lowest BCUT2D eigenvalue weighted by Gasteiger charge is -1.94. The second-order valence-electron chi connectivity index (χ2n) is 3.29. The molecule has 16 heavy (non-hydrogen) atoms. The smallest absolute Gasteiger partial charge is 0.216 e. The molecule has 3 heterocycles. The highest BCUT2D eigenvalue weighted by Gasteiger charge is 2.08. The monoisotopic (exact) mass is 215 g/mol. The number of nitrogens with one attached hydrogen (secondary N) is 1. The first-order valence-corrected chi connectivity index (χ1v) is 4.84. The standard InChI is InChI=1S/C10H9N5O/c1-3-8(16-6-1)10-12-9(13-14-10)7-15-5-2-4-11-15/h1-6H,7H2,(H,12,13,14). The molecule has 0 radical (unpaired) electrons. The fourth-order valence-electron chi connectivity index (χ4n) is 1.43. The van der Waals surface area contributed by atoms with E-state index in [9.17, 15) is 0 Å².